The zero-order valence-corrected chi connectivity index (χ0v) is 33.9. The molecule has 3 heteroatoms. The predicted molar refractivity (Wildman–Crippen MR) is 255 cm³/mol. The van der Waals surface area contributed by atoms with Crippen LogP contribution in [0.25, 0.3) is 83.6 Å². The minimum absolute atomic E-state index is 0.572. The van der Waals surface area contributed by atoms with E-state index in [0.29, 0.717) is 5.82 Å². The average molecular weight is 790 g/mol. The predicted octanol–water partition coefficient (Wildman–Crippen LogP) is 14.6. The first-order valence-electron chi connectivity index (χ1n) is 21.2. The Morgan fingerprint density at radius 3 is 1.50 bits per heavy atom. The van der Waals surface area contributed by atoms with Crippen molar-refractivity contribution in [3.05, 3.63) is 259 Å². The van der Waals surface area contributed by atoms with Gasteiger partial charge in [0.1, 0.15) is 0 Å². The van der Waals surface area contributed by atoms with Crippen LogP contribution < -0.4 is 0 Å². The molecule has 2 aromatic heterocycles. The lowest BCUT2D eigenvalue weighted by atomic mass is 9.67. The fourth-order valence-electron chi connectivity index (χ4n) is 9.99. The summed E-state index contributed by atoms with van der Waals surface area (Å²) in [6.45, 7) is 0. The summed E-state index contributed by atoms with van der Waals surface area (Å²) in [7, 11) is 0. The quantitative estimate of drug-likeness (QED) is 0.161. The summed E-state index contributed by atoms with van der Waals surface area (Å²) in [6.07, 6.45) is 0. The van der Waals surface area contributed by atoms with Crippen LogP contribution in [-0.4, -0.2) is 14.5 Å². The molecule has 0 spiro atoms. The van der Waals surface area contributed by atoms with Gasteiger partial charge in [-0.25, -0.2) is 9.97 Å². The highest BCUT2D eigenvalue weighted by Gasteiger charge is 2.46. The number of para-hydroxylation sites is 2. The van der Waals surface area contributed by atoms with Gasteiger partial charge in [0, 0.05) is 33.2 Å². The summed E-state index contributed by atoms with van der Waals surface area (Å²) < 4.78 is 2.38. The smallest absolute Gasteiger partial charge is 0.161 e. The largest absolute Gasteiger partial charge is 0.309 e. The zero-order valence-electron chi connectivity index (χ0n) is 33.9. The number of nitrogens with zero attached hydrogens (tertiary/aromatic N) is 3. The topological polar surface area (TPSA) is 30.7 Å². The van der Waals surface area contributed by atoms with Gasteiger partial charge in [-0.1, -0.05) is 188 Å². The minimum Gasteiger partial charge on any atom is -0.309 e. The van der Waals surface area contributed by atoms with Crippen LogP contribution in [0.3, 0.4) is 0 Å². The summed E-state index contributed by atoms with van der Waals surface area (Å²) in [5.74, 6) is 0.684. The SMILES string of the molecule is c1ccc(-c2cc(-c3ccccc3)nc(-c3cc4c(cc3-c3ccc5c(c3)c3ccccc3n5-c3ccccc3)C(c3ccccc3)(c3ccccc3)c3ccccc3-4)n2)cc1. The lowest BCUT2D eigenvalue weighted by Gasteiger charge is -2.34. The van der Waals surface area contributed by atoms with E-state index < -0.39 is 5.41 Å². The third-order valence-corrected chi connectivity index (χ3v) is 12.7. The number of hydrogen-bond acceptors (Lipinski definition) is 2. The van der Waals surface area contributed by atoms with Crippen molar-refractivity contribution in [2.45, 2.75) is 5.41 Å². The van der Waals surface area contributed by atoms with Crippen LogP contribution in [0.5, 0.6) is 0 Å². The van der Waals surface area contributed by atoms with Crippen molar-refractivity contribution < 1.29 is 0 Å². The molecule has 2 heterocycles. The van der Waals surface area contributed by atoms with E-state index in [0.717, 1.165) is 50.4 Å². The molecule has 0 radical (unpaired) electrons. The Labute approximate surface area is 360 Å². The Morgan fingerprint density at radius 2 is 0.855 bits per heavy atom. The second-order valence-corrected chi connectivity index (χ2v) is 16.1. The van der Waals surface area contributed by atoms with Gasteiger partial charge in [-0.05, 0) is 93.0 Å². The highest BCUT2D eigenvalue weighted by Crippen LogP contribution is 2.58. The maximum atomic E-state index is 5.46. The van der Waals surface area contributed by atoms with Gasteiger partial charge >= 0.3 is 0 Å². The second kappa shape index (κ2) is 14.5. The van der Waals surface area contributed by atoms with Crippen molar-refractivity contribution in [3.8, 4) is 61.8 Å². The van der Waals surface area contributed by atoms with Crippen molar-refractivity contribution >= 4 is 21.8 Å². The number of fused-ring (bicyclic) bond motifs is 6. The van der Waals surface area contributed by atoms with Gasteiger partial charge in [0.25, 0.3) is 0 Å². The van der Waals surface area contributed by atoms with E-state index in [1.807, 2.05) is 0 Å². The van der Waals surface area contributed by atoms with Crippen molar-refractivity contribution in [2.24, 2.45) is 0 Å². The van der Waals surface area contributed by atoms with Crippen molar-refractivity contribution in [1.82, 2.24) is 14.5 Å². The lowest BCUT2D eigenvalue weighted by Crippen LogP contribution is -2.28. The summed E-state index contributed by atoms with van der Waals surface area (Å²) >= 11 is 0. The molecule has 1 aliphatic carbocycles. The fourth-order valence-corrected chi connectivity index (χ4v) is 9.99. The molecule has 1 aliphatic rings. The molecule has 9 aromatic carbocycles. The number of rotatable bonds is 7. The Morgan fingerprint density at radius 1 is 0.323 bits per heavy atom. The monoisotopic (exact) mass is 789 g/mol. The van der Waals surface area contributed by atoms with Crippen molar-refractivity contribution in [1.29, 1.82) is 0 Å². The Hall–Kier alpha value is -8.14. The van der Waals surface area contributed by atoms with Crippen molar-refractivity contribution in [3.63, 3.8) is 0 Å². The van der Waals surface area contributed by atoms with Gasteiger partial charge in [0.15, 0.2) is 5.82 Å². The molecule has 11 aromatic rings. The van der Waals surface area contributed by atoms with Gasteiger partial charge in [-0.15, -0.1) is 0 Å². The Balaban J connectivity index is 1.20. The molecule has 0 saturated heterocycles. The van der Waals surface area contributed by atoms with Gasteiger partial charge in [0.2, 0.25) is 0 Å². The molecule has 3 nitrogen and oxygen atoms in total. The molecule has 0 bridgehead atoms. The van der Waals surface area contributed by atoms with E-state index in [4.69, 9.17) is 9.97 Å². The average Bonchev–Trinajstić information content (AvgIpc) is 3.85. The van der Waals surface area contributed by atoms with E-state index >= 15 is 0 Å². The van der Waals surface area contributed by atoms with E-state index in [2.05, 4.69) is 241 Å². The van der Waals surface area contributed by atoms with Crippen molar-refractivity contribution in [2.75, 3.05) is 0 Å². The maximum absolute atomic E-state index is 5.46. The molecule has 0 unspecified atom stereocenters. The third-order valence-electron chi connectivity index (χ3n) is 12.7. The molecule has 0 saturated carbocycles. The van der Waals surface area contributed by atoms with Crippen LogP contribution in [0.15, 0.2) is 237 Å². The first-order chi connectivity index (χ1) is 30.8. The minimum atomic E-state index is -0.572. The molecule has 0 fully saturated rings. The van der Waals surface area contributed by atoms with Crippen LogP contribution in [0.2, 0.25) is 0 Å². The first-order valence-corrected chi connectivity index (χ1v) is 21.2. The maximum Gasteiger partial charge on any atom is 0.161 e. The molecule has 290 valence electrons. The van der Waals surface area contributed by atoms with Gasteiger partial charge < -0.3 is 4.57 Å². The van der Waals surface area contributed by atoms with Gasteiger partial charge in [0.05, 0.1) is 27.8 Å². The molecule has 0 N–H and O–H groups in total. The molecule has 0 amide bonds. The molecule has 0 aliphatic heterocycles. The molecular weight excluding hydrogens is 751 g/mol. The number of hydrogen-bond donors (Lipinski definition) is 0. The molecule has 0 atom stereocenters. The molecule has 12 rings (SSSR count). The highest BCUT2D eigenvalue weighted by atomic mass is 15.0. The third kappa shape index (κ3) is 5.59. The van der Waals surface area contributed by atoms with Crippen LogP contribution in [0.4, 0.5) is 0 Å². The molecule has 62 heavy (non-hydrogen) atoms. The Bertz CT molecular complexity index is 3330. The van der Waals surface area contributed by atoms with Crippen LogP contribution >= 0.6 is 0 Å². The van der Waals surface area contributed by atoms with Gasteiger partial charge in [-0.2, -0.15) is 0 Å². The van der Waals surface area contributed by atoms with E-state index in [1.165, 1.54) is 49.7 Å². The summed E-state index contributed by atoms with van der Waals surface area (Å²) in [5.41, 5.74) is 17.3. The van der Waals surface area contributed by atoms with Crippen LogP contribution in [0.1, 0.15) is 22.3 Å². The lowest BCUT2D eigenvalue weighted by molar-refractivity contribution is 0.769. The fraction of sp³-hybridized carbons (Fsp3) is 0.0169. The van der Waals surface area contributed by atoms with E-state index in [9.17, 15) is 0 Å². The number of aromatic nitrogens is 3. The van der Waals surface area contributed by atoms with Crippen LogP contribution in [0, 0.1) is 0 Å². The van der Waals surface area contributed by atoms with E-state index in [1.54, 1.807) is 0 Å². The standard InChI is InChI=1S/C59H39N3/c1-6-20-40(21-7-1)54-39-55(41-22-8-2-9-23-41)61-58(60-54)51-37-49-46-30-16-18-32-52(46)59(43-24-10-3-11-25-43,44-26-12-4-13-27-44)53(49)38-48(51)42-34-35-57-50(36-42)47-31-17-19-33-56(47)62(57)45-28-14-5-15-29-45/h1-39H. The molecular formula is C59H39N3. The van der Waals surface area contributed by atoms with E-state index in [-0.39, 0.29) is 0 Å². The second-order valence-electron chi connectivity index (χ2n) is 16.1. The summed E-state index contributed by atoms with van der Waals surface area (Å²) in [5, 5.41) is 2.40. The zero-order chi connectivity index (χ0) is 41.0. The van der Waals surface area contributed by atoms with Crippen LogP contribution in [-0.2, 0) is 5.41 Å². The summed E-state index contributed by atoms with van der Waals surface area (Å²) in [4.78, 5) is 10.9. The van der Waals surface area contributed by atoms with Gasteiger partial charge in [-0.3, -0.25) is 0 Å². The normalized spacial score (nSPS) is 12.6. The summed E-state index contributed by atoms with van der Waals surface area (Å²) in [6, 6.07) is 85.3. The highest BCUT2D eigenvalue weighted by molar-refractivity contribution is 6.11. The first kappa shape index (κ1) is 35.8. The number of benzene rings is 9. The Kier molecular flexibility index (Phi) is 8.39.